The maximum Gasteiger partial charge on any atom is 0.236 e. The molecule has 0 unspecified atom stereocenters. The quantitative estimate of drug-likeness (QED) is 0.356. The van der Waals surface area contributed by atoms with Gasteiger partial charge in [0.15, 0.2) is 11.0 Å². The number of hydrogen-bond donors (Lipinski definition) is 1. The first kappa shape index (κ1) is 22.7. The summed E-state index contributed by atoms with van der Waals surface area (Å²) < 4.78 is 12.5. The summed E-state index contributed by atoms with van der Waals surface area (Å²) in [6.07, 6.45) is 0.779. The van der Waals surface area contributed by atoms with E-state index in [1.54, 1.807) is 14.2 Å². The van der Waals surface area contributed by atoms with Crippen molar-refractivity contribution in [1.82, 2.24) is 25.0 Å². The Hall–Kier alpha value is -3.44. The van der Waals surface area contributed by atoms with Gasteiger partial charge in [-0.05, 0) is 55.0 Å². The SMILES string of the molecule is CCc1nnc(NC(=O)CSc2nnc(-c3ccc(OC)cc3)n2-c2ccc(OC)cc2)s1. The first-order valence-electron chi connectivity index (χ1n) is 10.1. The van der Waals surface area contributed by atoms with Gasteiger partial charge < -0.3 is 9.47 Å². The van der Waals surface area contributed by atoms with Crippen LogP contribution in [0.3, 0.4) is 0 Å². The molecule has 0 spiro atoms. The molecular formula is C22H22N6O3S2. The van der Waals surface area contributed by atoms with E-state index >= 15 is 0 Å². The van der Waals surface area contributed by atoms with E-state index in [4.69, 9.17) is 9.47 Å². The Bertz CT molecular complexity index is 1220. The van der Waals surface area contributed by atoms with Crippen LogP contribution in [0.5, 0.6) is 11.5 Å². The second-order valence-electron chi connectivity index (χ2n) is 6.76. The number of carbonyl (C=O) groups is 1. The molecule has 33 heavy (non-hydrogen) atoms. The van der Waals surface area contributed by atoms with Gasteiger partial charge in [-0.15, -0.1) is 20.4 Å². The van der Waals surface area contributed by atoms with Crippen LogP contribution in [-0.4, -0.2) is 50.8 Å². The predicted molar refractivity (Wildman–Crippen MR) is 129 cm³/mol. The zero-order valence-corrected chi connectivity index (χ0v) is 19.9. The number of aryl methyl sites for hydroxylation is 1. The van der Waals surface area contributed by atoms with Crippen LogP contribution in [0.15, 0.2) is 53.7 Å². The standard InChI is InChI=1S/C22H22N6O3S2/c1-4-19-24-26-21(33-19)23-18(29)13-32-22-27-25-20(14-5-9-16(30-2)10-6-14)28(22)15-7-11-17(31-3)12-8-15/h5-12H,4,13H2,1-3H3,(H,23,26,29). The van der Waals surface area contributed by atoms with Crippen molar-refractivity contribution in [2.75, 3.05) is 25.3 Å². The third-order valence-electron chi connectivity index (χ3n) is 4.66. The Balaban J connectivity index is 1.59. The lowest BCUT2D eigenvalue weighted by Gasteiger charge is -2.11. The number of aromatic nitrogens is 5. The summed E-state index contributed by atoms with van der Waals surface area (Å²) >= 11 is 2.66. The number of hydrogen-bond acceptors (Lipinski definition) is 9. The Labute approximate surface area is 199 Å². The number of anilines is 1. The molecule has 1 N–H and O–H groups in total. The topological polar surface area (TPSA) is 104 Å². The van der Waals surface area contributed by atoms with Crippen molar-refractivity contribution in [2.45, 2.75) is 18.5 Å². The summed E-state index contributed by atoms with van der Waals surface area (Å²) in [5.74, 6) is 2.12. The van der Waals surface area contributed by atoms with E-state index in [1.807, 2.05) is 60.0 Å². The number of rotatable bonds is 9. The van der Waals surface area contributed by atoms with Crippen LogP contribution in [0.4, 0.5) is 5.13 Å². The molecule has 2 aromatic carbocycles. The fourth-order valence-electron chi connectivity index (χ4n) is 2.99. The van der Waals surface area contributed by atoms with Crippen LogP contribution in [0, 0.1) is 0 Å². The van der Waals surface area contributed by atoms with Crippen molar-refractivity contribution in [3.63, 3.8) is 0 Å². The fraction of sp³-hybridized carbons (Fsp3) is 0.227. The molecule has 0 bridgehead atoms. The molecule has 0 aliphatic carbocycles. The maximum absolute atomic E-state index is 12.5. The normalized spacial score (nSPS) is 10.8. The Morgan fingerprint density at radius 2 is 1.64 bits per heavy atom. The predicted octanol–water partition coefficient (Wildman–Crippen LogP) is 4.10. The Kier molecular flexibility index (Phi) is 7.20. The average molecular weight is 483 g/mol. The van der Waals surface area contributed by atoms with Crippen molar-refractivity contribution in [3.05, 3.63) is 53.5 Å². The summed E-state index contributed by atoms with van der Waals surface area (Å²) in [6, 6.07) is 15.2. The van der Waals surface area contributed by atoms with Gasteiger partial charge in [-0.25, -0.2) is 0 Å². The molecule has 4 aromatic rings. The van der Waals surface area contributed by atoms with Crippen LogP contribution in [0.2, 0.25) is 0 Å². The second kappa shape index (κ2) is 10.5. The molecule has 9 nitrogen and oxygen atoms in total. The first-order chi connectivity index (χ1) is 16.1. The summed E-state index contributed by atoms with van der Waals surface area (Å²) in [6.45, 7) is 1.99. The van der Waals surface area contributed by atoms with Crippen molar-refractivity contribution in [1.29, 1.82) is 0 Å². The minimum absolute atomic E-state index is 0.151. The summed E-state index contributed by atoms with van der Waals surface area (Å²) in [4.78, 5) is 12.5. The first-order valence-corrected chi connectivity index (χ1v) is 11.9. The lowest BCUT2D eigenvalue weighted by molar-refractivity contribution is -0.113. The molecule has 0 saturated carbocycles. The van der Waals surface area contributed by atoms with Crippen LogP contribution in [0.25, 0.3) is 17.1 Å². The molecule has 4 rings (SSSR count). The van der Waals surface area contributed by atoms with Crippen LogP contribution < -0.4 is 14.8 Å². The van der Waals surface area contributed by atoms with E-state index in [0.29, 0.717) is 16.1 Å². The highest BCUT2D eigenvalue weighted by Crippen LogP contribution is 2.30. The third kappa shape index (κ3) is 5.32. The van der Waals surface area contributed by atoms with Gasteiger partial charge in [0.2, 0.25) is 11.0 Å². The second-order valence-corrected chi connectivity index (χ2v) is 8.76. The van der Waals surface area contributed by atoms with E-state index in [0.717, 1.165) is 34.2 Å². The van der Waals surface area contributed by atoms with Crippen molar-refractivity contribution < 1.29 is 14.3 Å². The van der Waals surface area contributed by atoms with E-state index in [9.17, 15) is 4.79 Å². The van der Waals surface area contributed by atoms with Gasteiger partial charge >= 0.3 is 0 Å². The molecule has 0 aliphatic heterocycles. The van der Waals surface area contributed by atoms with Gasteiger partial charge in [0.1, 0.15) is 16.5 Å². The summed E-state index contributed by atoms with van der Waals surface area (Å²) in [7, 11) is 3.25. The van der Waals surface area contributed by atoms with Crippen LogP contribution >= 0.6 is 23.1 Å². The number of nitrogens with one attached hydrogen (secondary N) is 1. The lowest BCUT2D eigenvalue weighted by Crippen LogP contribution is -2.14. The van der Waals surface area contributed by atoms with Crippen molar-refractivity contribution in [3.8, 4) is 28.6 Å². The minimum atomic E-state index is -0.186. The van der Waals surface area contributed by atoms with E-state index in [2.05, 4.69) is 25.7 Å². The van der Waals surface area contributed by atoms with Gasteiger partial charge in [0.25, 0.3) is 0 Å². The molecule has 0 saturated heterocycles. The Morgan fingerprint density at radius 3 is 2.24 bits per heavy atom. The number of ether oxygens (including phenoxy) is 2. The maximum atomic E-state index is 12.5. The third-order valence-corrected chi connectivity index (χ3v) is 6.57. The van der Waals surface area contributed by atoms with Gasteiger partial charge in [-0.2, -0.15) is 0 Å². The highest BCUT2D eigenvalue weighted by molar-refractivity contribution is 7.99. The molecule has 0 atom stereocenters. The van der Waals surface area contributed by atoms with Crippen molar-refractivity contribution >= 4 is 34.1 Å². The van der Waals surface area contributed by atoms with Crippen LogP contribution in [0.1, 0.15) is 11.9 Å². The monoisotopic (exact) mass is 482 g/mol. The number of thioether (sulfide) groups is 1. The minimum Gasteiger partial charge on any atom is -0.497 e. The number of nitrogens with zero attached hydrogens (tertiary/aromatic N) is 5. The molecule has 11 heteroatoms. The van der Waals surface area contributed by atoms with E-state index < -0.39 is 0 Å². The average Bonchev–Trinajstić information content (AvgIpc) is 3.49. The van der Waals surface area contributed by atoms with Crippen LogP contribution in [-0.2, 0) is 11.2 Å². The smallest absolute Gasteiger partial charge is 0.236 e. The number of amides is 1. The molecule has 170 valence electrons. The van der Waals surface area contributed by atoms with Gasteiger partial charge in [-0.1, -0.05) is 30.0 Å². The molecule has 2 aromatic heterocycles. The molecular weight excluding hydrogens is 460 g/mol. The zero-order chi connectivity index (χ0) is 23.2. The molecule has 2 heterocycles. The summed E-state index contributed by atoms with van der Waals surface area (Å²) in [5, 5.41) is 21.5. The highest BCUT2D eigenvalue weighted by Gasteiger charge is 2.18. The largest absolute Gasteiger partial charge is 0.497 e. The summed E-state index contributed by atoms with van der Waals surface area (Å²) in [5.41, 5.74) is 1.72. The zero-order valence-electron chi connectivity index (χ0n) is 18.3. The molecule has 0 aliphatic rings. The number of methoxy groups -OCH3 is 2. The Morgan fingerprint density at radius 1 is 0.970 bits per heavy atom. The van der Waals surface area contributed by atoms with E-state index in [1.165, 1.54) is 23.1 Å². The molecule has 0 fully saturated rings. The lowest BCUT2D eigenvalue weighted by atomic mass is 10.2. The van der Waals surface area contributed by atoms with Crippen molar-refractivity contribution in [2.24, 2.45) is 0 Å². The number of benzene rings is 2. The number of carbonyl (C=O) groups excluding carboxylic acids is 1. The molecule has 0 radical (unpaired) electrons. The fourth-order valence-corrected chi connectivity index (χ4v) is 4.43. The highest BCUT2D eigenvalue weighted by atomic mass is 32.2. The van der Waals surface area contributed by atoms with E-state index in [-0.39, 0.29) is 11.7 Å². The van der Waals surface area contributed by atoms with Gasteiger partial charge in [0, 0.05) is 11.3 Å². The van der Waals surface area contributed by atoms with Gasteiger partial charge in [-0.3, -0.25) is 14.7 Å². The van der Waals surface area contributed by atoms with Gasteiger partial charge in [0.05, 0.1) is 20.0 Å². The molecule has 1 amide bonds.